The number of aliphatic carboxylic acids is 1. The maximum atomic E-state index is 12.3. The van der Waals surface area contributed by atoms with Crippen LogP contribution in [0.5, 0.6) is 5.75 Å². The van der Waals surface area contributed by atoms with Gasteiger partial charge in [-0.15, -0.1) is 0 Å². The van der Waals surface area contributed by atoms with E-state index in [2.05, 4.69) is 4.72 Å². The monoisotopic (exact) mass is 315 g/mol. The number of ether oxygens (including phenoxy) is 1. The number of carbonyl (C=O) groups is 1. The Labute approximate surface area is 125 Å². The molecule has 0 aliphatic carbocycles. The van der Waals surface area contributed by atoms with Crippen LogP contribution < -0.4 is 9.46 Å². The van der Waals surface area contributed by atoms with Crippen LogP contribution in [0, 0.1) is 6.92 Å². The molecule has 1 rings (SSSR count). The third kappa shape index (κ3) is 5.02. The van der Waals surface area contributed by atoms with Crippen LogP contribution in [0.3, 0.4) is 0 Å². The van der Waals surface area contributed by atoms with E-state index in [4.69, 9.17) is 9.84 Å². The summed E-state index contributed by atoms with van der Waals surface area (Å²) in [6.07, 6.45) is 0.105. The standard InChI is InChI=1S/C14H21NO5S/c1-10-9-11(5-6-12(10)20-4)21(18,19)15-14(2,3)8-7-13(16)17/h5-6,9,15H,7-8H2,1-4H3,(H,16,17). The lowest BCUT2D eigenvalue weighted by Gasteiger charge is -2.25. The number of aryl methyl sites for hydroxylation is 1. The molecule has 6 nitrogen and oxygen atoms in total. The fraction of sp³-hybridized carbons (Fsp3) is 0.500. The summed E-state index contributed by atoms with van der Waals surface area (Å²) in [5, 5.41) is 8.70. The Morgan fingerprint density at radius 2 is 2.00 bits per heavy atom. The average molecular weight is 315 g/mol. The van der Waals surface area contributed by atoms with Crippen molar-refractivity contribution in [3.63, 3.8) is 0 Å². The first kappa shape index (κ1) is 17.5. The van der Waals surface area contributed by atoms with Crippen LogP contribution in [-0.4, -0.2) is 32.1 Å². The maximum Gasteiger partial charge on any atom is 0.303 e. The largest absolute Gasteiger partial charge is 0.496 e. The van der Waals surface area contributed by atoms with Gasteiger partial charge in [-0.1, -0.05) is 0 Å². The van der Waals surface area contributed by atoms with E-state index in [1.165, 1.54) is 19.2 Å². The summed E-state index contributed by atoms with van der Waals surface area (Å²) in [6, 6.07) is 4.57. The minimum Gasteiger partial charge on any atom is -0.496 e. The highest BCUT2D eigenvalue weighted by molar-refractivity contribution is 7.89. The van der Waals surface area contributed by atoms with Crippen molar-refractivity contribution in [2.75, 3.05) is 7.11 Å². The molecule has 1 aromatic rings. The number of hydrogen-bond donors (Lipinski definition) is 2. The first-order valence-corrected chi connectivity index (χ1v) is 7.96. The van der Waals surface area contributed by atoms with Gasteiger partial charge < -0.3 is 9.84 Å². The zero-order valence-electron chi connectivity index (χ0n) is 12.6. The summed E-state index contributed by atoms with van der Waals surface area (Å²) in [6.45, 7) is 5.07. The van der Waals surface area contributed by atoms with E-state index in [-0.39, 0.29) is 17.7 Å². The zero-order valence-corrected chi connectivity index (χ0v) is 13.5. The van der Waals surface area contributed by atoms with E-state index in [0.717, 1.165) is 0 Å². The van der Waals surface area contributed by atoms with Crippen LogP contribution in [-0.2, 0) is 14.8 Å². The van der Waals surface area contributed by atoms with E-state index in [0.29, 0.717) is 11.3 Å². The second kappa shape index (κ2) is 6.44. The maximum absolute atomic E-state index is 12.3. The van der Waals surface area contributed by atoms with Gasteiger partial charge >= 0.3 is 5.97 Å². The molecule has 0 atom stereocenters. The minimum atomic E-state index is -3.71. The number of carboxylic acids is 1. The van der Waals surface area contributed by atoms with Crippen molar-refractivity contribution in [2.45, 2.75) is 44.0 Å². The third-order valence-corrected chi connectivity index (χ3v) is 4.75. The molecule has 0 aliphatic rings. The number of benzene rings is 1. The number of sulfonamides is 1. The molecule has 0 amide bonds. The quantitative estimate of drug-likeness (QED) is 0.802. The molecule has 2 N–H and O–H groups in total. The third-order valence-electron chi connectivity index (χ3n) is 3.05. The second-order valence-corrected chi connectivity index (χ2v) is 7.20. The molecule has 0 saturated carbocycles. The summed E-state index contributed by atoms with van der Waals surface area (Å²) in [4.78, 5) is 10.7. The lowest BCUT2D eigenvalue weighted by atomic mass is 10.0. The Hall–Kier alpha value is -1.60. The van der Waals surface area contributed by atoms with Crippen molar-refractivity contribution >= 4 is 16.0 Å². The highest BCUT2D eigenvalue weighted by atomic mass is 32.2. The number of rotatable bonds is 7. The predicted octanol–water partition coefficient (Wildman–Crippen LogP) is 1.93. The van der Waals surface area contributed by atoms with Gasteiger partial charge in [0, 0.05) is 12.0 Å². The molecule has 0 spiro atoms. The Balaban J connectivity index is 2.95. The van der Waals surface area contributed by atoms with Crippen LogP contribution >= 0.6 is 0 Å². The van der Waals surface area contributed by atoms with Gasteiger partial charge in [-0.05, 0) is 51.0 Å². The van der Waals surface area contributed by atoms with Crippen LogP contribution in [0.15, 0.2) is 23.1 Å². The summed E-state index contributed by atoms with van der Waals surface area (Å²) in [5.41, 5.74) is -0.130. The highest BCUT2D eigenvalue weighted by Gasteiger charge is 2.27. The van der Waals surface area contributed by atoms with Crippen molar-refractivity contribution in [1.82, 2.24) is 4.72 Å². The zero-order chi connectivity index (χ0) is 16.3. The molecule has 21 heavy (non-hydrogen) atoms. The number of hydrogen-bond acceptors (Lipinski definition) is 4. The Morgan fingerprint density at radius 1 is 1.38 bits per heavy atom. The molecule has 0 heterocycles. The Bertz CT molecular complexity index is 622. The molecule has 118 valence electrons. The van der Waals surface area contributed by atoms with Crippen molar-refractivity contribution in [2.24, 2.45) is 0 Å². The van der Waals surface area contributed by atoms with Gasteiger partial charge in [0.1, 0.15) is 5.75 Å². The molecule has 0 saturated heterocycles. The fourth-order valence-electron chi connectivity index (χ4n) is 1.91. The van der Waals surface area contributed by atoms with Gasteiger partial charge in [0.05, 0.1) is 12.0 Å². The van der Waals surface area contributed by atoms with Crippen LogP contribution in [0.4, 0.5) is 0 Å². The topological polar surface area (TPSA) is 92.7 Å². The predicted molar refractivity (Wildman–Crippen MR) is 79.0 cm³/mol. The summed E-state index contributed by atoms with van der Waals surface area (Å²) >= 11 is 0. The van der Waals surface area contributed by atoms with Crippen molar-refractivity contribution in [1.29, 1.82) is 0 Å². The molecule has 0 unspecified atom stereocenters. The number of methoxy groups -OCH3 is 1. The Kier molecular flexibility index (Phi) is 5.36. The van der Waals surface area contributed by atoms with Crippen LogP contribution in [0.25, 0.3) is 0 Å². The highest BCUT2D eigenvalue weighted by Crippen LogP contribution is 2.23. The first-order valence-electron chi connectivity index (χ1n) is 6.48. The van der Waals surface area contributed by atoms with Gasteiger partial charge in [-0.25, -0.2) is 13.1 Å². The van der Waals surface area contributed by atoms with Gasteiger partial charge in [0.15, 0.2) is 0 Å². The van der Waals surface area contributed by atoms with E-state index in [9.17, 15) is 13.2 Å². The normalized spacial score (nSPS) is 12.2. The SMILES string of the molecule is COc1ccc(S(=O)(=O)NC(C)(C)CCC(=O)O)cc1C. The van der Waals surface area contributed by atoms with E-state index < -0.39 is 21.5 Å². The molecule has 0 radical (unpaired) electrons. The summed E-state index contributed by atoms with van der Waals surface area (Å²) in [5.74, 6) is -0.346. The second-order valence-electron chi connectivity index (χ2n) is 5.51. The van der Waals surface area contributed by atoms with Gasteiger partial charge in [0.2, 0.25) is 10.0 Å². The molecule has 1 aromatic carbocycles. The van der Waals surface area contributed by atoms with E-state index in [1.807, 2.05) is 0 Å². The minimum absolute atomic E-state index is 0.100. The Morgan fingerprint density at radius 3 is 2.48 bits per heavy atom. The lowest BCUT2D eigenvalue weighted by molar-refractivity contribution is -0.137. The first-order chi connectivity index (χ1) is 9.57. The fourth-order valence-corrected chi connectivity index (χ4v) is 3.44. The number of nitrogens with one attached hydrogen (secondary N) is 1. The van der Waals surface area contributed by atoms with Crippen molar-refractivity contribution in [3.05, 3.63) is 23.8 Å². The molecule has 0 bridgehead atoms. The molecular formula is C14H21NO5S. The van der Waals surface area contributed by atoms with Crippen molar-refractivity contribution in [3.8, 4) is 5.75 Å². The smallest absolute Gasteiger partial charge is 0.303 e. The van der Waals surface area contributed by atoms with E-state index in [1.54, 1.807) is 26.8 Å². The average Bonchev–Trinajstić information content (AvgIpc) is 2.35. The molecule has 0 fully saturated rings. The summed E-state index contributed by atoms with van der Waals surface area (Å²) in [7, 11) is -2.19. The molecule has 7 heteroatoms. The molecule has 0 aliphatic heterocycles. The molecular weight excluding hydrogens is 294 g/mol. The van der Waals surface area contributed by atoms with Gasteiger partial charge in [0.25, 0.3) is 0 Å². The van der Waals surface area contributed by atoms with Gasteiger partial charge in [-0.2, -0.15) is 0 Å². The number of carboxylic acid groups (broad SMARTS) is 1. The van der Waals surface area contributed by atoms with E-state index >= 15 is 0 Å². The lowest BCUT2D eigenvalue weighted by Crippen LogP contribution is -2.43. The van der Waals surface area contributed by atoms with Gasteiger partial charge in [-0.3, -0.25) is 4.79 Å². The van der Waals surface area contributed by atoms with Crippen molar-refractivity contribution < 1.29 is 23.1 Å². The van der Waals surface area contributed by atoms with Crippen LogP contribution in [0.1, 0.15) is 32.3 Å². The molecule has 0 aromatic heterocycles. The summed E-state index contributed by atoms with van der Waals surface area (Å²) < 4.78 is 32.3. The van der Waals surface area contributed by atoms with Crippen LogP contribution in [0.2, 0.25) is 0 Å².